The molecule has 26 heavy (non-hydrogen) atoms. The third-order valence-electron chi connectivity index (χ3n) is 5.13. The number of carbonyl (C=O) groups excluding carboxylic acids is 1. The maximum atomic E-state index is 13.3. The van der Waals surface area contributed by atoms with E-state index in [2.05, 4.69) is 12.1 Å². The molecule has 2 aliphatic heterocycles. The van der Waals surface area contributed by atoms with Gasteiger partial charge in [0.1, 0.15) is 5.75 Å². The number of hydrogen-bond acceptors (Lipinski definition) is 4. The zero-order chi connectivity index (χ0) is 17.9. The first-order chi connectivity index (χ1) is 12.8. The number of hydrogen-bond donors (Lipinski definition) is 0. The van der Waals surface area contributed by atoms with E-state index in [1.54, 1.807) is 13.2 Å². The second kappa shape index (κ2) is 7.28. The van der Waals surface area contributed by atoms with Gasteiger partial charge in [0.05, 0.1) is 13.2 Å². The van der Waals surface area contributed by atoms with E-state index in [-0.39, 0.29) is 18.7 Å². The molecule has 0 bridgehead atoms. The molecule has 136 valence electrons. The minimum absolute atomic E-state index is 0.0472. The van der Waals surface area contributed by atoms with Crippen molar-refractivity contribution in [3.05, 3.63) is 53.6 Å². The summed E-state index contributed by atoms with van der Waals surface area (Å²) in [7, 11) is 1.66. The maximum Gasteiger partial charge on any atom is 0.254 e. The zero-order valence-electron chi connectivity index (χ0n) is 14.9. The third kappa shape index (κ3) is 3.21. The van der Waals surface area contributed by atoms with Gasteiger partial charge in [-0.15, -0.1) is 0 Å². The van der Waals surface area contributed by atoms with Crippen molar-refractivity contribution in [2.24, 2.45) is 0 Å². The molecular weight excluding hydrogens is 330 g/mol. The normalized spacial score (nSPS) is 19.1. The summed E-state index contributed by atoms with van der Waals surface area (Å²) in [4.78, 5) is 15.3. The van der Waals surface area contributed by atoms with Crippen LogP contribution in [-0.4, -0.2) is 31.3 Å². The lowest BCUT2D eigenvalue weighted by Crippen LogP contribution is -2.34. The van der Waals surface area contributed by atoms with Gasteiger partial charge in [-0.3, -0.25) is 4.79 Å². The van der Waals surface area contributed by atoms with E-state index >= 15 is 0 Å². The molecule has 4 rings (SSSR count). The Morgan fingerprint density at radius 1 is 1.04 bits per heavy atom. The number of nitrogens with zero attached hydrogens (tertiary/aromatic N) is 1. The molecule has 0 unspecified atom stereocenters. The number of ether oxygens (including phenoxy) is 3. The third-order valence-corrected chi connectivity index (χ3v) is 5.13. The molecule has 1 fully saturated rings. The number of carbonyl (C=O) groups is 1. The van der Waals surface area contributed by atoms with Crippen molar-refractivity contribution >= 4 is 5.91 Å². The lowest BCUT2D eigenvalue weighted by Gasteiger charge is -2.30. The Hall–Kier alpha value is -2.69. The molecule has 2 aromatic rings. The van der Waals surface area contributed by atoms with Crippen LogP contribution in [0.3, 0.4) is 0 Å². The van der Waals surface area contributed by atoms with E-state index in [4.69, 9.17) is 14.2 Å². The second-order valence-electron chi connectivity index (χ2n) is 6.70. The Morgan fingerprint density at radius 3 is 2.65 bits per heavy atom. The number of benzene rings is 2. The maximum absolute atomic E-state index is 13.3. The molecule has 0 aromatic heterocycles. The fourth-order valence-corrected chi connectivity index (χ4v) is 3.72. The molecule has 5 nitrogen and oxygen atoms in total. The molecule has 0 spiro atoms. The molecule has 2 aliphatic rings. The Kier molecular flexibility index (Phi) is 4.69. The predicted octanol–water partition coefficient (Wildman–Crippen LogP) is 4.18. The van der Waals surface area contributed by atoms with Crippen LogP contribution in [0.1, 0.15) is 47.6 Å². The fourth-order valence-electron chi connectivity index (χ4n) is 3.72. The summed E-state index contributed by atoms with van der Waals surface area (Å²) in [6, 6.07) is 13.6. The van der Waals surface area contributed by atoms with Gasteiger partial charge in [0.15, 0.2) is 11.5 Å². The fraction of sp³-hybridized carbons (Fsp3) is 0.381. The van der Waals surface area contributed by atoms with Crippen molar-refractivity contribution < 1.29 is 19.0 Å². The summed E-state index contributed by atoms with van der Waals surface area (Å²) < 4.78 is 16.0. The molecule has 1 saturated heterocycles. The lowest BCUT2D eigenvalue weighted by atomic mass is 10.00. The molecular formula is C21H23NO4. The van der Waals surface area contributed by atoms with E-state index in [0.29, 0.717) is 17.1 Å². The van der Waals surface area contributed by atoms with Crippen LogP contribution in [-0.2, 0) is 0 Å². The Balaban J connectivity index is 1.63. The first kappa shape index (κ1) is 16.8. The largest absolute Gasteiger partial charge is 0.497 e. The van der Waals surface area contributed by atoms with Crippen molar-refractivity contribution in [3.63, 3.8) is 0 Å². The molecule has 1 atom stereocenters. The zero-order valence-corrected chi connectivity index (χ0v) is 14.9. The summed E-state index contributed by atoms with van der Waals surface area (Å²) >= 11 is 0. The highest BCUT2D eigenvalue weighted by molar-refractivity contribution is 5.95. The van der Waals surface area contributed by atoms with Gasteiger partial charge < -0.3 is 19.1 Å². The van der Waals surface area contributed by atoms with E-state index in [1.807, 2.05) is 29.2 Å². The van der Waals surface area contributed by atoms with Crippen molar-refractivity contribution in [3.8, 4) is 17.2 Å². The van der Waals surface area contributed by atoms with Gasteiger partial charge in [0.2, 0.25) is 6.79 Å². The second-order valence-corrected chi connectivity index (χ2v) is 6.70. The predicted molar refractivity (Wildman–Crippen MR) is 97.8 cm³/mol. The highest BCUT2D eigenvalue weighted by Crippen LogP contribution is 2.35. The van der Waals surface area contributed by atoms with Crippen LogP contribution in [0.4, 0.5) is 0 Å². The molecule has 0 saturated carbocycles. The Bertz CT molecular complexity index is 787. The van der Waals surface area contributed by atoms with Crippen LogP contribution in [0, 0.1) is 0 Å². The number of amides is 1. The van der Waals surface area contributed by atoms with Crippen LogP contribution in [0.25, 0.3) is 0 Å². The molecule has 1 amide bonds. The summed E-state index contributed by atoms with van der Waals surface area (Å²) in [6.07, 6.45) is 4.28. The topological polar surface area (TPSA) is 48.0 Å². The van der Waals surface area contributed by atoms with Gasteiger partial charge in [0, 0.05) is 12.1 Å². The van der Waals surface area contributed by atoms with Crippen LogP contribution < -0.4 is 14.2 Å². The highest BCUT2D eigenvalue weighted by atomic mass is 16.7. The first-order valence-corrected chi connectivity index (χ1v) is 9.11. The average Bonchev–Trinajstić information content (AvgIpc) is 3.02. The van der Waals surface area contributed by atoms with Gasteiger partial charge in [-0.1, -0.05) is 25.0 Å². The van der Waals surface area contributed by atoms with Crippen molar-refractivity contribution in [2.75, 3.05) is 20.4 Å². The van der Waals surface area contributed by atoms with Gasteiger partial charge in [0.25, 0.3) is 5.91 Å². The molecule has 0 N–H and O–H groups in total. The van der Waals surface area contributed by atoms with Gasteiger partial charge in [-0.05, 0) is 48.7 Å². The van der Waals surface area contributed by atoms with E-state index in [1.165, 1.54) is 0 Å². The van der Waals surface area contributed by atoms with Crippen LogP contribution >= 0.6 is 0 Å². The Labute approximate surface area is 153 Å². The van der Waals surface area contributed by atoms with E-state index in [0.717, 1.165) is 43.5 Å². The molecule has 0 aliphatic carbocycles. The van der Waals surface area contributed by atoms with E-state index < -0.39 is 0 Å². The molecule has 2 aromatic carbocycles. The average molecular weight is 353 g/mol. The number of methoxy groups -OCH3 is 1. The van der Waals surface area contributed by atoms with Crippen molar-refractivity contribution in [1.82, 2.24) is 4.90 Å². The summed E-state index contributed by atoms with van der Waals surface area (Å²) in [5, 5.41) is 0. The van der Waals surface area contributed by atoms with Crippen molar-refractivity contribution in [1.29, 1.82) is 0 Å². The van der Waals surface area contributed by atoms with Gasteiger partial charge in [-0.2, -0.15) is 0 Å². The van der Waals surface area contributed by atoms with Crippen LogP contribution in [0.15, 0.2) is 42.5 Å². The molecule has 2 heterocycles. The highest BCUT2D eigenvalue weighted by Gasteiger charge is 2.28. The minimum atomic E-state index is 0.0472. The quantitative estimate of drug-likeness (QED) is 0.830. The smallest absolute Gasteiger partial charge is 0.254 e. The van der Waals surface area contributed by atoms with Crippen LogP contribution in [0.2, 0.25) is 0 Å². The lowest BCUT2D eigenvalue weighted by molar-refractivity contribution is 0.0680. The SMILES string of the molecule is COc1ccc([C@@H]2CCCCCN2C(=O)c2ccc3c(c2)OCO3)cc1. The minimum Gasteiger partial charge on any atom is -0.497 e. The van der Waals surface area contributed by atoms with E-state index in [9.17, 15) is 4.79 Å². The Morgan fingerprint density at radius 2 is 1.85 bits per heavy atom. The standard InChI is InChI=1S/C21H23NO4/c1-24-17-9-6-15(7-10-17)18-5-3-2-4-12-22(18)21(23)16-8-11-19-20(13-16)26-14-25-19/h6-11,13,18H,2-5,12,14H2,1H3/t18-/m0/s1. The number of likely N-dealkylation sites (tertiary alicyclic amines) is 1. The number of rotatable bonds is 3. The molecule has 0 radical (unpaired) electrons. The molecule has 5 heteroatoms. The monoisotopic (exact) mass is 353 g/mol. The summed E-state index contributed by atoms with van der Waals surface area (Å²) in [5.74, 6) is 2.22. The van der Waals surface area contributed by atoms with Crippen LogP contribution in [0.5, 0.6) is 17.2 Å². The summed E-state index contributed by atoms with van der Waals surface area (Å²) in [5.41, 5.74) is 1.80. The van der Waals surface area contributed by atoms with Gasteiger partial charge >= 0.3 is 0 Å². The first-order valence-electron chi connectivity index (χ1n) is 9.11. The number of fused-ring (bicyclic) bond motifs is 1. The van der Waals surface area contributed by atoms with Crippen molar-refractivity contribution in [2.45, 2.75) is 31.7 Å². The summed E-state index contributed by atoms with van der Waals surface area (Å²) in [6.45, 7) is 0.981. The van der Waals surface area contributed by atoms with Gasteiger partial charge in [-0.25, -0.2) is 0 Å².